The van der Waals surface area contributed by atoms with Gasteiger partial charge in [-0.15, -0.1) is 13.2 Å². The van der Waals surface area contributed by atoms with Crippen LogP contribution >= 0.6 is 23.2 Å². The summed E-state index contributed by atoms with van der Waals surface area (Å²) in [5.41, 5.74) is 7.77. The lowest BCUT2D eigenvalue weighted by Crippen LogP contribution is -2.45. The van der Waals surface area contributed by atoms with Crippen LogP contribution in [0.4, 0.5) is 13.2 Å². The zero-order chi connectivity index (χ0) is 24.3. The van der Waals surface area contributed by atoms with Crippen molar-refractivity contribution in [2.45, 2.75) is 32.4 Å². The van der Waals surface area contributed by atoms with Gasteiger partial charge in [-0.1, -0.05) is 29.3 Å². The second-order valence-electron chi connectivity index (χ2n) is 8.34. The molecule has 0 spiro atoms. The number of pyridine rings is 1. The minimum Gasteiger partial charge on any atom is -0.403 e. The Labute approximate surface area is 206 Å². The van der Waals surface area contributed by atoms with E-state index < -0.39 is 6.36 Å². The van der Waals surface area contributed by atoms with E-state index in [9.17, 15) is 13.2 Å². The largest absolute Gasteiger partial charge is 0.573 e. The molecule has 6 nitrogen and oxygen atoms in total. The first-order valence-corrected chi connectivity index (χ1v) is 11.8. The van der Waals surface area contributed by atoms with Gasteiger partial charge in [0.05, 0.1) is 5.39 Å². The van der Waals surface area contributed by atoms with Crippen LogP contribution in [0.25, 0.3) is 11.0 Å². The highest BCUT2D eigenvalue weighted by Crippen LogP contribution is 2.33. The molecule has 0 unspecified atom stereocenters. The number of aromatic nitrogens is 2. The third kappa shape index (κ3) is 6.14. The molecule has 0 bridgehead atoms. The first kappa shape index (κ1) is 25.1. The smallest absolute Gasteiger partial charge is 0.403 e. The molecule has 2 aromatic heterocycles. The zero-order valence-electron chi connectivity index (χ0n) is 18.5. The van der Waals surface area contributed by atoms with Crippen molar-refractivity contribution in [1.29, 1.82) is 0 Å². The van der Waals surface area contributed by atoms with Crippen LogP contribution in [0.5, 0.6) is 5.75 Å². The fourth-order valence-corrected chi connectivity index (χ4v) is 4.70. The molecule has 184 valence electrons. The highest BCUT2D eigenvalue weighted by atomic mass is 35.5. The fourth-order valence-electron chi connectivity index (χ4n) is 4.18. The first-order valence-electron chi connectivity index (χ1n) is 11.0. The van der Waals surface area contributed by atoms with Crippen molar-refractivity contribution in [2.24, 2.45) is 5.73 Å². The molecule has 2 N–H and O–H groups in total. The number of nitrogens with zero attached hydrogens (tertiary/aromatic N) is 4. The van der Waals surface area contributed by atoms with E-state index in [4.69, 9.17) is 28.9 Å². The van der Waals surface area contributed by atoms with Crippen LogP contribution in [-0.2, 0) is 19.6 Å². The monoisotopic (exact) mass is 515 g/mol. The molecule has 34 heavy (non-hydrogen) atoms. The Morgan fingerprint density at radius 3 is 2.29 bits per heavy atom. The third-order valence-electron chi connectivity index (χ3n) is 5.88. The van der Waals surface area contributed by atoms with E-state index in [1.807, 2.05) is 18.2 Å². The van der Waals surface area contributed by atoms with Gasteiger partial charge in [0.15, 0.2) is 5.75 Å². The molecule has 11 heteroatoms. The first-order chi connectivity index (χ1) is 16.2. The van der Waals surface area contributed by atoms with Crippen LogP contribution in [0.1, 0.15) is 17.5 Å². The number of ether oxygens (including phenoxy) is 1. The number of piperazine rings is 1. The van der Waals surface area contributed by atoms with Gasteiger partial charge in [0.25, 0.3) is 0 Å². The molecule has 0 saturated carbocycles. The molecule has 0 aliphatic carbocycles. The average molecular weight is 516 g/mol. The van der Waals surface area contributed by atoms with E-state index in [0.29, 0.717) is 53.7 Å². The van der Waals surface area contributed by atoms with Crippen LogP contribution in [-0.4, -0.2) is 58.4 Å². The quantitative estimate of drug-likeness (QED) is 0.461. The summed E-state index contributed by atoms with van der Waals surface area (Å²) < 4.78 is 44.8. The van der Waals surface area contributed by atoms with Gasteiger partial charge in [0.1, 0.15) is 5.65 Å². The Morgan fingerprint density at radius 1 is 1.03 bits per heavy atom. The van der Waals surface area contributed by atoms with E-state index in [2.05, 4.69) is 19.5 Å². The molecule has 0 radical (unpaired) electrons. The van der Waals surface area contributed by atoms with Crippen molar-refractivity contribution in [3.05, 3.63) is 57.8 Å². The topological polar surface area (TPSA) is 59.6 Å². The number of nitrogens with two attached hydrogens (primary N) is 1. The standard InChI is InChI=1S/C23H26Cl2F3N5O/c24-19-3-1-4-20(25)18(19)14-32-9-7-31(8-10-32)13-16-11-17-21(34-23(26,27)28)15-33(6-2-5-29)22(17)30-12-16/h1,3-4,11-12,15H,2,5-10,13-14,29H2. The lowest BCUT2D eigenvalue weighted by atomic mass is 10.1. The molecule has 1 aliphatic rings. The van der Waals surface area contributed by atoms with E-state index in [1.165, 1.54) is 6.20 Å². The van der Waals surface area contributed by atoms with Gasteiger partial charge in [-0.25, -0.2) is 4.98 Å². The summed E-state index contributed by atoms with van der Waals surface area (Å²) in [6.07, 6.45) is -1.08. The molecule has 4 rings (SSSR count). The Hall–Kier alpha value is -2.04. The van der Waals surface area contributed by atoms with Crippen LogP contribution < -0.4 is 10.5 Å². The van der Waals surface area contributed by atoms with Crippen molar-refractivity contribution in [3.8, 4) is 5.75 Å². The summed E-state index contributed by atoms with van der Waals surface area (Å²) in [6.45, 7) is 5.44. The van der Waals surface area contributed by atoms with Gasteiger partial charge >= 0.3 is 6.36 Å². The summed E-state index contributed by atoms with van der Waals surface area (Å²) >= 11 is 12.6. The molecule has 1 aliphatic heterocycles. The zero-order valence-corrected chi connectivity index (χ0v) is 20.0. The Balaban J connectivity index is 1.43. The van der Waals surface area contributed by atoms with Crippen molar-refractivity contribution in [3.63, 3.8) is 0 Å². The van der Waals surface area contributed by atoms with Crippen LogP contribution in [0.15, 0.2) is 36.7 Å². The molecule has 1 saturated heterocycles. The lowest BCUT2D eigenvalue weighted by Gasteiger charge is -2.35. The van der Waals surface area contributed by atoms with E-state index in [1.54, 1.807) is 16.8 Å². The van der Waals surface area contributed by atoms with Crippen molar-refractivity contribution in [2.75, 3.05) is 32.7 Å². The van der Waals surface area contributed by atoms with Gasteiger partial charge in [-0.05, 0) is 36.7 Å². The van der Waals surface area contributed by atoms with Crippen LogP contribution in [0.3, 0.4) is 0 Å². The number of hydrogen-bond acceptors (Lipinski definition) is 5. The minimum atomic E-state index is -4.77. The number of alkyl halides is 3. The summed E-state index contributed by atoms with van der Waals surface area (Å²) in [5, 5.41) is 1.66. The molecule has 0 amide bonds. The Kier molecular flexibility index (Phi) is 7.89. The third-order valence-corrected chi connectivity index (χ3v) is 6.59. The predicted molar refractivity (Wildman–Crippen MR) is 127 cm³/mol. The number of hydrogen-bond donors (Lipinski definition) is 1. The highest BCUT2D eigenvalue weighted by molar-refractivity contribution is 6.35. The Morgan fingerprint density at radius 2 is 1.68 bits per heavy atom. The normalized spacial score (nSPS) is 15.8. The Bertz CT molecular complexity index is 1110. The fraction of sp³-hybridized carbons (Fsp3) is 0.435. The summed E-state index contributed by atoms with van der Waals surface area (Å²) in [6, 6.07) is 7.23. The van der Waals surface area contributed by atoms with Crippen molar-refractivity contribution in [1.82, 2.24) is 19.4 Å². The number of benzene rings is 1. The van der Waals surface area contributed by atoms with E-state index >= 15 is 0 Å². The second-order valence-corrected chi connectivity index (χ2v) is 9.16. The van der Waals surface area contributed by atoms with E-state index in [-0.39, 0.29) is 5.75 Å². The number of fused-ring (bicyclic) bond motifs is 1. The van der Waals surface area contributed by atoms with Gasteiger partial charge in [-0.2, -0.15) is 0 Å². The number of rotatable bonds is 8. The van der Waals surface area contributed by atoms with Gasteiger partial charge in [0, 0.05) is 73.8 Å². The van der Waals surface area contributed by atoms with Crippen molar-refractivity contribution < 1.29 is 17.9 Å². The second kappa shape index (κ2) is 10.7. The minimum absolute atomic E-state index is 0.240. The lowest BCUT2D eigenvalue weighted by molar-refractivity contribution is -0.274. The maximum absolute atomic E-state index is 12.9. The molecule has 0 atom stereocenters. The molecule has 3 heterocycles. The van der Waals surface area contributed by atoms with Gasteiger partial charge in [-0.3, -0.25) is 9.80 Å². The molecular weight excluding hydrogens is 490 g/mol. The average Bonchev–Trinajstić information content (AvgIpc) is 3.11. The SMILES string of the molecule is NCCCn1cc(OC(F)(F)F)c2cc(CN3CCN(Cc4c(Cl)cccc4Cl)CC3)cnc21. The molecule has 1 aromatic carbocycles. The van der Waals surface area contributed by atoms with Crippen LogP contribution in [0.2, 0.25) is 10.0 Å². The van der Waals surface area contributed by atoms with E-state index in [0.717, 1.165) is 37.3 Å². The highest BCUT2D eigenvalue weighted by Gasteiger charge is 2.33. The van der Waals surface area contributed by atoms with Gasteiger partial charge < -0.3 is 15.0 Å². The maximum Gasteiger partial charge on any atom is 0.573 e. The summed E-state index contributed by atoms with van der Waals surface area (Å²) in [7, 11) is 0. The number of aryl methyl sites for hydroxylation is 1. The summed E-state index contributed by atoms with van der Waals surface area (Å²) in [4.78, 5) is 8.99. The van der Waals surface area contributed by atoms with Gasteiger partial charge in [0.2, 0.25) is 0 Å². The predicted octanol–water partition coefficient (Wildman–Crippen LogP) is 4.91. The van der Waals surface area contributed by atoms with Crippen molar-refractivity contribution >= 4 is 34.2 Å². The maximum atomic E-state index is 12.9. The molecule has 3 aromatic rings. The molecule has 1 fully saturated rings. The summed E-state index contributed by atoms with van der Waals surface area (Å²) in [5.74, 6) is -0.240. The van der Waals surface area contributed by atoms with Crippen LogP contribution in [0, 0.1) is 0 Å². The molecular formula is C23H26Cl2F3N5O. The number of halogens is 5.